The van der Waals surface area contributed by atoms with Gasteiger partial charge in [-0.2, -0.15) is 0 Å². The highest BCUT2D eigenvalue weighted by Crippen LogP contribution is 2.33. The zero-order valence-corrected chi connectivity index (χ0v) is 16.0. The van der Waals surface area contributed by atoms with Gasteiger partial charge in [0.15, 0.2) is 5.67 Å². The van der Waals surface area contributed by atoms with E-state index < -0.39 is 55.7 Å². The van der Waals surface area contributed by atoms with Crippen LogP contribution in [0.4, 0.5) is 8.78 Å². The van der Waals surface area contributed by atoms with Crippen LogP contribution in [-0.4, -0.2) is 59.3 Å². The SMILES string of the molecule is O=C(NCC(=O)N1C[C@@](F)(CF)C[C@H]1C(=O)O)C1=Cc2oc3ccccc3c2CC1. The van der Waals surface area contributed by atoms with E-state index >= 15 is 0 Å². The molecule has 9 heteroatoms. The molecule has 1 aromatic heterocycles. The van der Waals surface area contributed by atoms with E-state index in [1.54, 1.807) is 6.08 Å². The Balaban J connectivity index is 1.43. The molecule has 0 saturated carbocycles. The van der Waals surface area contributed by atoms with Crippen LogP contribution in [0.2, 0.25) is 0 Å². The van der Waals surface area contributed by atoms with Crippen LogP contribution in [0.25, 0.3) is 17.0 Å². The van der Waals surface area contributed by atoms with Gasteiger partial charge in [-0.3, -0.25) is 9.59 Å². The molecule has 0 spiro atoms. The molecule has 2 heterocycles. The number of nitrogens with zero attached hydrogens (tertiary/aromatic N) is 1. The second kappa shape index (κ2) is 7.55. The molecule has 2 aliphatic rings. The Labute approximate surface area is 170 Å². The molecular formula is C21H20F2N2O5. The first kappa shape index (κ1) is 20.1. The average Bonchev–Trinajstić information content (AvgIpc) is 3.30. The van der Waals surface area contributed by atoms with Crippen molar-refractivity contribution in [3.05, 3.63) is 41.2 Å². The summed E-state index contributed by atoms with van der Waals surface area (Å²) in [6.45, 7) is -2.53. The minimum absolute atomic E-state index is 0.425. The number of amides is 2. The molecule has 2 amide bonds. The number of hydrogen-bond acceptors (Lipinski definition) is 4. The fourth-order valence-corrected chi connectivity index (χ4v) is 4.05. The van der Waals surface area contributed by atoms with Crippen molar-refractivity contribution in [1.82, 2.24) is 10.2 Å². The summed E-state index contributed by atoms with van der Waals surface area (Å²) in [5.74, 6) is -2.08. The van der Waals surface area contributed by atoms with Crippen LogP contribution in [0.5, 0.6) is 0 Å². The van der Waals surface area contributed by atoms with Crippen molar-refractivity contribution >= 4 is 34.8 Å². The summed E-state index contributed by atoms with van der Waals surface area (Å²) in [4.78, 5) is 37.0. The number of fused-ring (bicyclic) bond motifs is 3. The number of aliphatic carboxylic acids is 1. The zero-order chi connectivity index (χ0) is 21.5. The van der Waals surface area contributed by atoms with Gasteiger partial charge in [0.25, 0.3) is 0 Å². The highest BCUT2D eigenvalue weighted by Gasteiger charge is 2.49. The van der Waals surface area contributed by atoms with Gasteiger partial charge in [-0.05, 0) is 25.0 Å². The Morgan fingerprint density at radius 2 is 2.03 bits per heavy atom. The number of hydrogen-bond donors (Lipinski definition) is 2. The van der Waals surface area contributed by atoms with Crippen molar-refractivity contribution in [2.45, 2.75) is 31.0 Å². The maximum absolute atomic E-state index is 14.2. The molecule has 4 rings (SSSR count). The van der Waals surface area contributed by atoms with Crippen molar-refractivity contribution in [2.75, 3.05) is 19.8 Å². The van der Waals surface area contributed by atoms with Gasteiger partial charge in [-0.15, -0.1) is 0 Å². The molecule has 1 saturated heterocycles. The van der Waals surface area contributed by atoms with E-state index in [1.807, 2.05) is 24.3 Å². The molecule has 1 aliphatic carbocycles. The predicted octanol–water partition coefficient (Wildman–Crippen LogP) is 2.24. The van der Waals surface area contributed by atoms with Crippen LogP contribution in [0.3, 0.4) is 0 Å². The third-order valence-corrected chi connectivity index (χ3v) is 5.61. The summed E-state index contributed by atoms with van der Waals surface area (Å²) in [7, 11) is 0. The minimum atomic E-state index is -2.38. The lowest BCUT2D eigenvalue weighted by Crippen LogP contribution is -2.46. The number of para-hydroxylation sites is 1. The number of carboxylic acid groups (broad SMARTS) is 1. The van der Waals surface area contributed by atoms with E-state index in [2.05, 4.69) is 5.32 Å². The van der Waals surface area contributed by atoms with Crippen LogP contribution in [0.1, 0.15) is 24.2 Å². The normalized spacial score (nSPS) is 23.2. The molecule has 30 heavy (non-hydrogen) atoms. The van der Waals surface area contributed by atoms with Gasteiger partial charge in [0.2, 0.25) is 11.8 Å². The minimum Gasteiger partial charge on any atom is -0.480 e. The monoisotopic (exact) mass is 418 g/mol. The van der Waals surface area contributed by atoms with Crippen LogP contribution in [0, 0.1) is 0 Å². The average molecular weight is 418 g/mol. The fourth-order valence-electron chi connectivity index (χ4n) is 4.05. The first-order valence-electron chi connectivity index (χ1n) is 9.58. The molecule has 1 fully saturated rings. The van der Waals surface area contributed by atoms with Gasteiger partial charge in [-0.25, -0.2) is 13.6 Å². The summed E-state index contributed by atoms with van der Waals surface area (Å²) in [5, 5.41) is 12.6. The Hall–Kier alpha value is -3.23. The lowest BCUT2D eigenvalue weighted by molar-refractivity contribution is -0.148. The number of aryl methyl sites for hydroxylation is 1. The lowest BCUT2D eigenvalue weighted by atomic mass is 9.95. The molecule has 0 radical (unpaired) electrons. The summed E-state index contributed by atoms with van der Waals surface area (Å²) in [6, 6.07) is 6.11. The maximum atomic E-state index is 14.2. The lowest BCUT2D eigenvalue weighted by Gasteiger charge is -2.22. The van der Waals surface area contributed by atoms with Crippen molar-refractivity contribution in [3.8, 4) is 0 Å². The Morgan fingerprint density at radius 1 is 1.27 bits per heavy atom. The number of alkyl halides is 2. The van der Waals surface area contributed by atoms with E-state index in [0.717, 1.165) is 21.4 Å². The largest absolute Gasteiger partial charge is 0.480 e. The van der Waals surface area contributed by atoms with Crippen molar-refractivity contribution in [3.63, 3.8) is 0 Å². The molecule has 2 N–H and O–H groups in total. The van der Waals surface area contributed by atoms with E-state index in [1.165, 1.54) is 0 Å². The molecular weight excluding hydrogens is 398 g/mol. The predicted molar refractivity (Wildman–Crippen MR) is 103 cm³/mol. The summed E-state index contributed by atoms with van der Waals surface area (Å²) < 4.78 is 32.9. The maximum Gasteiger partial charge on any atom is 0.326 e. The van der Waals surface area contributed by atoms with Gasteiger partial charge >= 0.3 is 5.97 Å². The van der Waals surface area contributed by atoms with Gasteiger partial charge in [0.1, 0.15) is 24.1 Å². The number of furan rings is 1. The van der Waals surface area contributed by atoms with E-state index in [9.17, 15) is 28.3 Å². The van der Waals surface area contributed by atoms with Gasteiger partial charge < -0.3 is 19.7 Å². The molecule has 158 valence electrons. The van der Waals surface area contributed by atoms with Crippen LogP contribution < -0.4 is 5.32 Å². The molecule has 2 atom stereocenters. The molecule has 1 aliphatic heterocycles. The van der Waals surface area contributed by atoms with E-state index in [4.69, 9.17) is 4.42 Å². The van der Waals surface area contributed by atoms with Gasteiger partial charge in [-0.1, -0.05) is 18.2 Å². The zero-order valence-electron chi connectivity index (χ0n) is 16.0. The summed E-state index contributed by atoms with van der Waals surface area (Å²) >= 11 is 0. The number of nitrogens with one attached hydrogen (secondary N) is 1. The number of carbonyl (C=O) groups excluding carboxylic acids is 2. The van der Waals surface area contributed by atoms with E-state index in [0.29, 0.717) is 24.2 Å². The number of benzene rings is 1. The first-order chi connectivity index (χ1) is 14.3. The first-order valence-corrected chi connectivity index (χ1v) is 9.58. The second-order valence-corrected chi connectivity index (χ2v) is 7.66. The quantitative estimate of drug-likeness (QED) is 0.776. The van der Waals surface area contributed by atoms with Crippen LogP contribution in [-0.2, 0) is 20.8 Å². The standard InChI is InChI=1S/C21H20F2N2O5/c22-10-21(23)8-15(20(28)29)25(11-21)18(26)9-24-19(27)12-5-6-14-13-3-1-2-4-16(13)30-17(14)7-12/h1-4,7,15H,5-6,8-11H2,(H,24,27)(H,28,29)/t15-,21-/m0/s1. The Kier molecular flexibility index (Phi) is 5.05. The van der Waals surface area contributed by atoms with Crippen molar-refractivity contribution in [2.24, 2.45) is 0 Å². The third kappa shape index (κ3) is 3.55. The van der Waals surface area contributed by atoms with Gasteiger partial charge in [0.05, 0.1) is 13.1 Å². The molecule has 0 bridgehead atoms. The Bertz CT molecular complexity index is 1060. The van der Waals surface area contributed by atoms with Crippen LogP contribution in [0.15, 0.2) is 34.3 Å². The number of carboxylic acids is 1. The third-order valence-electron chi connectivity index (χ3n) is 5.61. The topological polar surface area (TPSA) is 99.9 Å². The Morgan fingerprint density at radius 3 is 2.77 bits per heavy atom. The van der Waals surface area contributed by atoms with E-state index in [-0.39, 0.29) is 0 Å². The second-order valence-electron chi connectivity index (χ2n) is 7.66. The molecule has 1 aromatic carbocycles. The number of carbonyl (C=O) groups is 3. The van der Waals surface area contributed by atoms with Crippen molar-refractivity contribution in [1.29, 1.82) is 0 Å². The number of halogens is 2. The summed E-state index contributed by atoms with van der Waals surface area (Å²) in [6.07, 6.45) is 2.07. The smallest absolute Gasteiger partial charge is 0.326 e. The number of rotatable bonds is 5. The molecule has 2 aromatic rings. The number of likely N-dealkylation sites (tertiary alicyclic amines) is 1. The fraction of sp³-hybridized carbons (Fsp3) is 0.381. The van der Waals surface area contributed by atoms with Crippen LogP contribution >= 0.6 is 0 Å². The van der Waals surface area contributed by atoms with Crippen molar-refractivity contribution < 1.29 is 32.7 Å². The highest BCUT2D eigenvalue weighted by atomic mass is 19.2. The summed E-state index contributed by atoms with van der Waals surface area (Å²) in [5.41, 5.74) is -0.210. The highest BCUT2D eigenvalue weighted by molar-refractivity contribution is 6.01. The molecule has 0 unspecified atom stereocenters. The molecule has 7 nitrogen and oxygen atoms in total. The van der Waals surface area contributed by atoms with Gasteiger partial charge in [0, 0.05) is 22.9 Å².